The molecular formula is C24H28N8O2. The molecule has 0 fully saturated rings. The van der Waals surface area contributed by atoms with E-state index in [1.807, 2.05) is 30.1 Å². The maximum absolute atomic E-state index is 11.2. The number of anilines is 2. The monoisotopic (exact) mass is 460 g/mol. The first-order valence-corrected chi connectivity index (χ1v) is 11.3. The number of nitrogens with one attached hydrogen (secondary N) is 2. The molecule has 1 amide bonds. The first kappa shape index (κ1) is 21.9. The average molecular weight is 461 g/mol. The van der Waals surface area contributed by atoms with E-state index in [0.29, 0.717) is 19.5 Å². The Kier molecular flexibility index (Phi) is 5.66. The predicted molar refractivity (Wildman–Crippen MR) is 132 cm³/mol. The van der Waals surface area contributed by atoms with Crippen LogP contribution in [0.15, 0.2) is 36.8 Å². The molecule has 1 aromatic carbocycles. The summed E-state index contributed by atoms with van der Waals surface area (Å²) in [6.45, 7) is 1.81. The zero-order valence-electron chi connectivity index (χ0n) is 19.5. The van der Waals surface area contributed by atoms with E-state index in [1.54, 1.807) is 6.33 Å². The normalized spacial score (nSPS) is 14.2. The van der Waals surface area contributed by atoms with E-state index in [2.05, 4.69) is 56.5 Å². The van der Waals surface area contributed by atoms with Gasteiger partial charge in [-0.15, -0.1) is 0 Å². The van der Waals surface area contributed by atoms with E-state index in [1.165, 1.54) is 10.5 Å². The van der Waals surface area contributed by atoms with Crippen molar-refractivity contribution < 1.29 is 9.90 Å². The van der Waals surface area contributed by atoms with Crippen molar-refractivity contribution >= 4 is 45.1 Å². The topological polar surface area (TPSA) is 115 Å². The molecule has 1 aliphatic heterocycles. The first-order chi connectivity index (χ1) is 16.4. The number of H-pyrrole nitrogens is 1. The Hall–Kier alpha value is -3.92. The lowest BCUT2D eigenvalue weighted by molar-refractivity contribution is 0.150. The summed E-state index contributed by atoms with van der Waals surface area (Å²) in [6, 6.07) is 6.29. The molecule has 0 saturated carbocycles. The molecule has 0 spiro atoms. The van der Waals surface area contributed by atoms with Gasteiger partial charge in [0.05, 0.1) is 17.1 Å². The van der Waals surface area contributed by atoms with Gasteiger partial charge >= 0.3 is 6.09 Å². The molecular weight excluding hydrogens is 432 g/mol. The van der Waals surface area contributed by atoms with Crippen molar-refractivity contribution in [2.45, 2.75) is 12.8 Å². The average Bonchev–Trinajstić information content (AvgIpc) is 3.42. The van der Waals surface area contributed by atoms with E-state index < -0.39 is 6.09 Å². The maximum Gasteiger partial charge on any atom is 0.407 e. The zero-order chi connectivity index (χ0) is 23.8. The number of benzene rings is 1. The second kappa shape index (κ2) is 8.79. The number of amides is 1. The molecule has 4 aromatic rings. The van der Waals surface area contributed by atoms with Gasteiger partial charge in [0.1, 0.15) is 17.8 Å². The van der Waals surface area contributed by atoms with Crippen LogP contribution in [0.3, 0.4) is 0 Å². The standard InChI is InChI=1S/C24H28N8O2/c1-30(2)7-4-16-10-18(11-17-13-27-31(3)21(16)17)28-22-19-12-20(29-23(19)26-14-25-22)15-5-8-32(9-6-15)24(33)34/h5,10-14H,4,6-9H2,1-3H3,(H,33,34)(H2,25,26,28,29). The number of hydrogen-bond donors (Lipinski definition) is 3. The van der Waals surface area contributed by atoms with E-state index in [4.69, 9.17) is 0 Å². The largest absolute Gasteiger partial charge is 0.465 e. The van der Waals surface area contributed by atoms with Crippen molar-refractivity contribution in [3.8, 4) is 0 Å². The predicted octanol–water partition coefficient (Wildman–Crippen LogP) is 3.46. The van der Waals surface area contributed by atoms with E-state index >= 15 is 0 Å². The zero-order valence-corrected chi connectivity index (χ0v) is 19.5. The lowest BCUT2D eigenvalue weighted by Gasteiger charge is -2.23. The third kappa shape index (κ3) is 4.19. The van der Waals surface area contributed by atoms with Gasteiger partial charge in [0.25, 0.3) is 0 Å². The Morgan fingerprint density at radius 2 is 2.12 bits per heavy atom. The fourth-order valence-electron chi connectivity index (χ4n) is 4.46. The summed E-state index contributed by atoms with van der Waals surface area (Å²) < 4.78 is 1.93. The van der Waals surface area contributed by atoms with Crippen molar-refractivity contribution in [3.63, 3.8) is 0 Å². The number of aromatic nitrogens is 5. The smallest absolute Gasteiger partial charge is 0.407 e. The molecule has 4 heterocycles. The lowest BCUT2D eigenvalue weighted by Crippen LogP contribution is -2.33. The fourth-order valence-corrected chi connectivity index (χ4v) is 4.46. The van der Waals surface area contributed by atoms with Crippen LogP contribution in [-0.4, -0.2) is 79.5 Å². The highest BCUT2D eigenvalue weighted by Gasteiger charge is 2.19. The summed E-state index contributed by atoms with van der Waals surface area (Å²) >= 11 is 0. The molecule has 0 bridgehead atoms. The number of likely N-dealkylation sites (N-methyl/N-ethyl adjacent to an activating group) is 1. The van der Waals surface area contributed by atoms with Crippen LogP contribution in [0.5, 0.6) is 0 Å². The fraction of sp³-hybridized carbons (Fsp3) is 0.333. The molecule has 3 aromatic heterocycles. The highest BCUT2D eigenvalue weighted by Crippen LogP contribution is 2.31. The highest BCUT2D eigenvalue weighted by molar-refractivity contribution is 5.94. The first-order valence-electron chi connectivity index (χ1n) is 11.3. The summed E-state index contributed by atoms with van der Waals surface area (Å²) in [5.41, 5.74) is 6.09. The van der Waals surface area contributed by atoms with Gasteiger partial charge in [0.2, 0.25) is 0 Å². The number of rotatable bonds is 6. The number of fused-ring (bicyclic) bond motifs is 2. The minimum Gasteiger partial charge on any atom is -0.465 e. The van der Waals surface area contributed by atoms with E-state index in [-0.39, 0.29) is 0 Å². The number of carbonyl (C=O) groups is 1. The summed E-state index contributed by atoms with van der Waals surface area (Å²) in [6.07, 6.45) is 6.06. The molecule has 10 heteroatoms. The van der Waals surface area contributed by atoms with Crippen molar-refractivity contribution in [1.29, 1.82) is 0 Å². The Bertz CT molecular complexity index is 1400. The molecule has 176 valence electrons. The van der Waals surface area contributed by atoms with Crippen molar-refractivity contribution in [3.05, 3.63) is 48.1 Å². The van der Waals surface area contributed by atoms with Crippen LogP contribution < -0.4 is 5.32 Å². The van der Waals surface area contributed by atoms with Crippen molar-refractivity contribution in [1.82, 2.24) is 34.5 Å². The maximum atomic E-state index is 11.2. The second-order valence-corrected chi connectivity index (χ2v) is 8.90. The van der Waals surface area contributed by atoms with Crippen LogP contribution in [0.4, 0.5) is 16.3 Å². The van der Waals surface area contributed by atoms with Gasteiger partial charge in [-0.2, -0.15) is 5.10 Å². The van der Waals surface area contributed by atoms with Gasteiger partial charge in [0.15, 0.2) is 0 Å². The number of hydrogen-bond acceptors (Lipinski definition) is 6. The van der Waals surface area contributed by atoms with Gasteiger partial charge in [-0.25, -0.2) is 14.8 Å². The molecule has 0 atom stereocenters. The summed E-state index contributed by atoms with van der Waals surface area (Å²) in [4.78, 5) is 27.1. The Labute approximate surface area is 196 Å². The van der Waals surface area contributed by atoms with Crippen molar-refractivity contribution in [2.24, 2.45) is 7.05 Å². The molecule has 10 nitrogen and oxygen atoms in total. The third-order valence-electron chi connectivity index (χ3n) is 6.25. The molecule has 0 aliphatic carbocycles. The Balaban J connectivity index is 1.47. The lowest BCUT2D eigenvalue weighted by atomic mass is 10.1. The SMILES string of the molecule is CN(C)CCc1cc(Nc2ncnc3[nH]c(C4=CCN(C(=O)O)CC4)cc23)cc2cnn(C)c12. The molecule has 5 rings (SSSR count). The molecule has 0 unspecified atom stereocenters. The van der Waals surface area contributed by atoms with Gasteiger partial charge in [-0.05, 0) is 56.3 Å². The van der Waals surface area contributed by atoms with E-state index in [0.717, 1.165) is 57.7 Å². The van der Waals surface area contributed by atoms with Crippen molar-refractivity contribution in [2.75, 3.05) is 39.0 Å². The number of nitrogens with zero attached hydrogens (tertiary/aromatic N) is 6. The highest BCUT2D eigenvalue weighted by atomic mass is 16.4. The molecule has 34 heavy (non-hydrogen) atoms. The number of carboxylic acid groups (broad SMARTS) is 1. The van der Waals surface area contributed by atoms with Crippen LogP contribution in [0.25, 0.3) is 27.5 Å². The van der Waals surface area contributed by atoms with E-state index in [9.17, 15) is 9.90 Å². The number of aromatic amines is 1. The third-order valence-corrected chi connectivity index (χ3v) is 6.25. The molecule has 3 N–H and O–H groups in total. The quantitative estimate of drug-likeness (QED) is 0.404. The molecule has 0 saturated heterocycles. The van der Waals surface area contributed by atoms with Gasteiger partial charge in [-0.1, -0.05) is 6.08 Å². The summed E-state index contributed by atoms with van der Waals surface area (Å²) in [5.74, 6) is 0.720. The Morgan fingerprint density at radius 1 is 1.26 bits per heavy atom. The number of aryl methyl sites for hydroxylation is 1. The Morgan fingerprint density at radius 3 is 2.85 bits per heavy atom. The van der Waals surface area contributed by atoms with Crippen LogP contribution in [0, 0.1) is 0 Å². The van der Waals surface area contributed by atoms with Crippen LogP contribution in [0.1, 0.15) is 17.7 Å². The van der Waals surface area contributed by atoms with Crippen LogP contribution >= 0.6 is 0 Å². The minimum atomic E-state index is -0.889. The second-order valence-electron chi connectivity index (χ2n) is 8.90. The van der Waals surface area contributed by atoms with Gasteiger partial charge in [-0.3, -0.25) is 4.68 Å². The summed E-state index contributed by atoms with van der Waals surface area (Å²) in [7, 11) is 6.12. The molecule has 0 radical (unpaired) electrons. The van der Waals surface area contributed by atoms with Crippen LogP contribution in [-0.2, 0) is 13.5 Å². The van der Waals surface area contributed by atoms with Gasteiger partial charge < -0.3 is 25.2 Å². The molecule has 1 aliphatic rings. The van der Waals surface area contributed by atoms with Gasteiger partial charge in [0, 0.05) is 43.4 Å². The van der Waals surface area contributed by atoms with Crippen LogP contribution in [0.2, 0.25) is 0 Å². The summed E-state index contributed by atoms with van der Waals surface area (Å²) in [5, 5.41) is 19.1. The minimum absolute atomic E-state index is 0.387.